The Labute approximate surface area is 74.2 Å². The summed E-state index contributed by atoms with van der Waals surface area (Å²) in [5.74, 6) is 0.0552. The quantitative estimate of drug-likeness (QED) is 0.639. The zero-order chi connectivity index (χ0) is 9.72. The first kappa shape index (κ1) is 11.6. The van der Waals surface area contributed by atoms with E-state index in [1.54, 1.807) is 0 Å². The van der Waals surface area contributed by atoms with E-state index in [9.17, 15) is 4.79 Å². The maximum absolute atomic E-state index is 11.4. The molecule has 0 fully saturated rings. The Balaban J connectivity index is 4.06. The maximum atomic E-state index is 11.4. The standard InChI is InChI=1S/C9H19NO2/c1-6(2)9(12)8(5-11)10-7(3)4/h6-8,10-11H,5H2,1-4H3/t8-/m1/s1. The molecule has 2 N–H and O–H groups in total. The first-order chi connectivity index (χ1) is 5.49. The van der Waals surface area contributed by atoms with E-state index in [1.165, 1.54) is 0 Å². The lowest BCUT2D eigenvalue weighted by molar-refractivity contribution is -0.125. The zero-order valence-corrected chi connectivity index (χ0v) is 8.29. The topological polar surface area (TPSA) is 49.3 Å². The number of aliphatic hydroxyl groups is 1. The van der Waals surface area contributed by atoms with Crippen LogP contribution in [0.15, 0.2) is 0 Å². The highest BCUT2D eigenvalue weighted by atomic mass is 16.3. The summed E-state index contributed by atoms with van der Waals surface area (Å²) in [4.78, 5) is 11.4. The van der Waals surface area contributed by atoms with Gasteiger partial charge in [-0.05, 0) is 0 Å². The van der Waals surface area contributed by atoms with Gasteiger partial charge in [-0.25, -0.2) is 0 Å². The summed E-state index contributed by atoms with van der Waals surface area (Å²) in [6, 6.07) is -0.171. The van der Waals surface area contributed by atoms with E-state index >= 15 is 0 Å². The van der Waals surface area contributed by atoms with Crippen LogP contribution in [0.1, 0.15) is 27.7 Å². The van der Waals surface area contributed by atoms with Crippen LogP contribution < -0.4 is 5.32 Å². The van der Waals surface area contributed by atoms with Crippen molar-refractivity contribution in [3.8, 4) is 0 Å². The van der Waals surface area contributed by atoms with Gasteiger partial charge in [0.15, 0.2) is 5.78 Å². The minimum absolute atomic E-state index is 0.0200. The Morgan fingerprint density at radius 2 is 1.83 bits per heavy atom. The second kappa shape index (κ2) is 5.27. The Hall–Kier alpha value is -0.410. The molecular weight excluding hydrogens is 154 g/mol. The van der Waals surface area contributed by atoms with Crippen molar-refractivity contribution >= 4 is 5.78 Å². The minimum atomic E-state index is -0.398. The second-order valence-electron chi connectivity index (χ2n) is 3.61. The number of hydrogen-bond acceptors (Lipinski definition) is 3. The van der Waals surface area contributed by atoms with Gasteiger partial charge in [-0.1, -0.05) is 27.7 Å². The van der Waals surface area contributed by atoms with Crippen LogP contribution in [0.4, 0.5) is 0 Å². The van der Waals surface area contributed by atoms with E-state index < -0.39 is 6.04 Å². The molecule has 0 heterocycles. The smallest absolute Gasteiger partial charge is 0.154 e. The molecule has 0 aromatic heterocycles. The number of carbonyl (C=O) groups excluding carboxylic acids is 1. The third kappa shape index (κ3) is 3.83. The van der Waals surface area contributed by atoms with Crippen LogP contribution in [0.25, 0.3) is 0 Å². The number of aliphatic hydroxyl groups excluding tert-OH is 1. The van der Waals surface area contributed by atoms with Crippen molar-refractivity contribution in [3.63, 3.8) is 0 Å². The number of nitrogens with one attached hydrogen (secondary N) is 1. The van der Waals surface area contributed by atoms with E-state index in [4.69, 9.17) is 5.11 Å². The molecule has 0 saturated carbocycles. The molecule has 0 aromatic carbocycles. The Morgan fingerprint density at radius 3 is 2.08 bits per heavy atom. The summed E-state index contributed by atoms with van der Waals surface area (Å²) in [5.41, 5.74) is 0. The van der Waals surface area contributed by atoms with Crippen LogP contribution in [-0.2, 0) is 4.79 Å². The molecule has 1 atom stereocenters. The monoisotopic (exact) mass is 173 g/mol. The molecule has 0 aromatic rings. The molecule has 3 nitrogen and oxygen atoms in total. The van der Waals surface area contributed by atoms with Gasteiger partial charge in [-0.15, -0.1) is 0 Å². The number of rotatable bonds is 5. The average Bonchev–Trinajstić information content (AvgIpc) is 1.98. The van der Waals surface area contributed by atoms with Crippen molar-refractivity contribution < 1.29 is 9.90 Å². The van der Waals surface area contributed by atoms with Gasteiger partial charge in [0.1, 0.15) is 0 Å². The van der Waals surface area contributed by atoms with Gasteiger partial charge in [-0.2, -0.15) is 0 Å². The predicted molar refractivity (Wildman–Crippen MR) is 49.0 cm³/mol. The molecule has 72 valence electrons. The number of ketones is 1. The van der Waals surface area contributed by atoms with E-state index in [2.05, 4.69) is 5.32 Å². The number of Topliss-reactive ketones (excluding diaryl/α,β-unsaturated/α-hetero) is 1. The van der Waals surface area contributed by atoms with E-state index in [0.29, 0.717) is 0 Å². The fourth-order valence-electron chi connectivity index (χ4n) is 1.03. The van der Waals surface area contributed by atoms with Crippen LogP contribution >= 0.6 is 0 Å². The van der Waals surface area contributed by atoms with Crippen LogP contribution in [-0.4, -0.2) is 29.6 Å². The molecular formula is C9H19NO2. The van der Waals surface area contributed by atoms with Crippen LogP contribution in [0.3, 0.4) is 0 Å². The van der Waals surface area contributed by atoms with E-state index in [1.807, 2.05) is 27.7 Å². The zero-order valence-electron chi connectivity index (χ0n) is 8.29. The predicted octanol–water partition coefficient (Wildman–Crippen LogP) is 0.570. The molecule has 0 aliphatic heterocycles. The highest BCUT2D eigenvalue weighted by Crippen LogP contribution is 2.00. The minimum Gasteiger partial charge on any atom is -0.394 e. The third-order valence-corrected chi connectivity index (χ3v) is 1.63. The molecule has 0 unspecified atom stereocenters. The Bertz CT molecular complexity index is 143. The van der Waals surface area contributed by atoms with Crippen LogP contribution in [0.5, 0.6) is 0 Å². The van der Waals surface area contributed by atoms with Crippen LogP contribution in [0, 0.1) is 5.92 Å². The molecule has 0 rings (SSSR count). The normalized spacial score (nSPS) is 13.9. The van der Waals surface area contributed by atoms with Gasteiger partial charge >= 0.3 is 0 Å². The fraction of sp³-hybridized carbons (Fsp3) is 0.889. The molecule has 0 saturated heterocycles. The van der Waals surface area contributed by atoms with Crippen molar-refractivity contribution in [2.75, 3.05) is 6.61 Å². The molecule has 0 amide bonds. The van der Waals surface area contributed by atoms with Crippen molar-refractivity contribution in [1.82, 2.24) is 5.32 Å². The summed E-state index contributed by atoms with van der Waals surface area (Å²) < 4.78 is 0. The van der Waals surface area contributed by atoms with Crippen molar-refractivity contribution in [1.29, 1.82) is 0 Å². The summed E-state index contributed by atoms with van der Waals surface area (Å²) in [7, 11) is 0. The average molecular weight is 173 g/mol. The number of hydrogen-bond donors (Lipinski definition) is 2. The maximum Gasteiger partial charge on any atom is 0.154 e. The summed E-state index contributed by atoms with van der Waals surface area (Å²) in [6.45, 7) is 7.47. The lowest BCUT2D eigenvalue weighted by Crippen LogP contribution is -2.45. The van der Waals surface area contributed by atoms with Crippen molar-refractivity contribution in [2.24, 2.45) is 5.92 Å². The molecule has 12 heavy (non-hydrogen) atoms. The summed E-state index contributed by atoms with van der Waals surface area (Å²) in [6.07, 6.45) is 0. The molecule has 0 aliphatic rings. The van der Waals surface area contributed by atoms with Gasteiger partial charge in [-0.3, -0.25) is 4.79 Å². The highest BCUT2D eigenvalue weighted by Gasteiger charge is 2.20. The van der Waals surface area contributed by atoms with Gasteiger partial charge in [0, 0.05) is 12.0 Å². The fourth-order valence-corrected chi connectivity index (χ4v) is 1.03. The lowest BCUT2D eigenvalue weighted by Gasteiger charge is -2.19. The van der Waals surface area contributed by atoms with Gasteiger partial charge in [0.2, 0.25) is 0 Å². The lowest BCUT2D eigenvalue weighted by atomic mass is 10.0. The summed E-state index contributed by atoms with van der Waals surface area (Å²) in [5, 5.41) is 11.9. The molecule has 0 spiro atoms. The van der Waals surface area contributed by atoms with Crippen molar-refractivity contribution in [2.45, 2.75) is 39.8 Å². The first-order valence-corrected chi connectivity index (χ1v) is 4.39. The molecule has 0 radical (unpaired) electrons. The largest absolute Gasteiger partial charge is 0.394 e. The highest BCUT2D eigenvalue weighted by molar-refractivity contribution is 5.85. The second-order valence-corrected chi connectivity index (χ2v) is 3.61. The third-order valence-electron chi connectivity index (χ3n) is 1.63. The molecule has 3 heteroatoms. The number of carbonyl (C=O) groups is 1. The van der Waals surface area contributed by atoms with E-state index in [-0.39, 0.29) is 24.3 Å². The van der Waals surface area contributed by atoms with E-state index in [0.717, 1.165) is 0 Å². The summed E-state index contributed by atoms with van der Waals surface area (Å²) >= 11 is 0. The van der Waals surface area contributed by atoms with Crippen molar-refractivity contribution in [3.05, 3.63) is 0 Å². The van der Waals surface area contributed by atoms with Gasteiger partial charge < -0.3 is 10.4 Å². The first-order valence-electron chi connectivity index (χ1n) is 4.39. The van der Waals surface area contributed by atoms with Gasteiger partial charge in [0.25, 0.3) is 0 Å². The SMILES string of the molecule is CC(C)N[C@H](CO)C(=O)C(C)C. The Morgan fingerprint density at radius 1 is 1.33 bits per heavy atom. The van der Waals surface area contributed by atoms with Gasteiger partial charge in [0.05, 0.1) is 12.6 Å². The molecule has 0 aliphatic carbocycles. The Kier molecular flexibility index (Phi) is 5.09. The van der Waals surface area contributed by atoms with Crippen LogP contribution in [0.2, 0.25) is 0 Å². The molecule has 0 bridgehead atoms.